The molecule has 0 atom stereocenters. The molecule has 4 rings (SSSR count). The average molecular weight is 328 g/mol. The van der Waals surface area contributed by atoms with Gasteiger partial charge in [-0.15, -0.1) is 0 Å². The van der Waals surface area contributed by atoms with E-state index >= 15 is 0 Å². The fourth-order valence-corrected chi connectivity index (χ4v) is 3.00. The van der Waals surface area contributed by atoms with Crippen LogP contribution in [0.3, 0.4) is 0 Å². The van der Waals surface area contributed by atoms with Gasteiger partial charge >= 0.3 is 0 Å². The smallest absolute Gasteiger partial charge is 0.145 e. The minimum absolute atomic E-state index is 0.169. The summed E-state index contributed by atoms with van der Waals surface area (Å²) in [6, 6.07) is 24.6. The standard InChI is InChI=1S/C22H20N2O/c1-16(2)25-19-13-11-18(12-14-19)22-23-21(17-8-4-3-5-9-17)20-10-6-7-15-24(20)22/h3-16H,1-2H3. The molecule has 0 amide bonds. The molecule has 0 spiro atoms. The van der Waals surface area contributed by atoms with Crippen LogP contribution >= 0.6 is 0 Å². The van der Waals surface area contributed by atoms with Crippen LogP contribution in [0.25, 0.3) is 28.2 Å². The molecular weight excluding hydrogens is 308 g/mol. The molecule has 0 aliphatic rings. The summed E-state index contributed by atoms with van der Waals surface area (Å²) >= 11 is 0. The van der Waals surface area contributed by atoms with Crippen molar-refractivity contribution in [2.24, 2.45) is 0 Å². The lowest BCUT2D eigenvalue weighted by Gasteiger charge is -2.09. The summed E-state index contributed by atoms with van der Waals surface area (Å²) in [4.78, 5) is 4.94. The van der Waals surface area contributed by atoms with Gasteiger partial charge in [0.05, 0.1) is 17.3 Å². The van der Waals surface area contributed by atoms with Gasteiger partial charge in [-0.2, -0.15) is 0 Å². The Morgan fingerprint density at radius 1 is 0.800 bits per heavy atom. The van der Waals surface area contributed by atoms with Crippen molar-refractivity contribution in [1.82, 2.24) is 9.38 Å². The highest BCUT2D eigenvalue weighted by atomic mass is 16.5. The molecule has 3 nitrogen and oxygen atoms in total. The van der Waals surface area contributed by atoms with Crippen LogP contribution in [0.5, 0.6) is 5.75 Å². The van der Waals surface area contributed by atoms with E-state index in [4.69, 9.17) is 9.72 Å². The molecule has 0 aliphatic carbocycles. The van der Waals surface area contributed by atoms with Crippen LogP contribution in [-0.2, 0) is 0 Å². The zero-order valence-electron chi connectivity index (χ0n) is 14.4. The first-order valence-corrected chi connectivity index (χ1v) is 8.52. The van der Waals surface area contributed by atoms with E-state index in [0.29, 0.717) is 0 Å². The highest BCUT2D eigenvalue weighted by Gasteiger charge is 2.13. The molecule has 2 aromatic heterocycles. The van der Waals surface area contributed by atoms with Gasteiger partial charge in [-0.05, 0) is 50.2 Å². The topological polar surface area (TPSA) is 26.5 Å². The van der Waals surface area contributed by atoms with Crippen molar-refractivity contribution in [2.75, 3.05) is 0 Å². The van der Waals surface area contributed by atoms with Gasteiger partial charge in [0.25, 0.3) is 0 Å². The van der Waals surface area contributed by atoms with E-state index < -0.39 is 0 Å². The monoisotopic (exact) mass is 328 g/mol. The van der Waals surface area contributed by atoms with Gasteiger partial charge in [-0.1, -0.05) is 36.4 Å². The number of rotatable bonds is 4. The molecule has 0 aliphatic heterocycles. The maximum absolute atomic E-state index is 5.74. The zero-order valence-corrected chi connectivity index (χ0v) is 14.4. The number of pyridine rings is 1. The van der Waals surface area contributed by atoms with E-state index in [1.807, 2.05) is 56.3 Å². The zero-order chi connectivity index (χ0) is 17.2. The second-order valence-electron chi connectivity index (χ2n) is 6.30. The van der Waals surface area contributed by atoms with Gasteiger partial charge in [-0.25, -0.2) is 4.98 Å². The Hall–Kier alpha value is -3.07. The van der Waals surface area contributed by atoms with Crippen molar-refractivity contribution >= 4 is 5.52 Å². The lowest BCUT2D eigenvalue weighted by molar-refractivity contribution is 0.242. The molecule has 0 fully saturated rings. The van der Waals surface area contributed by atoms with Crippen LogP contribution in [0.4, 0.5) is 0 Å². The molecule has 0 unspecified atom stereocenters. The molecule has 25 heavy (non-hydrogen) atoms. The highest BCUT2D eigenvalue weighted by molar-refractivity contribution is 5.81. The van der Waals surface area contributed by atoms with Gasteiger partial charge in [0, 0.05) is 17.3 Å². The fourth-order valence-electron chi connectivity index (χ4n) is 3.00. The van der Waals surface area contributed by atoms with Crippen LogP contribution in [0.1, 0.15) is 13.8 Å². The first-order valence-electron chi connectivity index (χ1n) is 8.52. The van der Waals surface area contributed by atoms with Crippen LogP contribution in [-0.4, -0.2) is 15.5 Å². The number of hydrogen-bond donors (Lipinski definition) is 0. The quantitative estimate of drug-likeness (QED) is 0.497. The Morgan fingerprint density at radius 3 is 2.24 bits per heavy atom. The molecular formula is C22H20N2O. The van der Waals surface area contributed by atoms with E-state index in [0.717, 1.165) is 33.9 Å². The molecule has 0 bridgehead atoms. The average Bonchev–Trinajstić information content (AvgIpc) is 3.02. The van der Waals surface area contributed by atoms with E-state index in [2.05, 4.69) is 40.9 Å². The Morgan fingerprint density at radius 2 is 1.52 bits per heavy atom. The number of hydrogen-bond acceptors (Lipinski definition) is 2. The van der Waals surface area contributed by atoms with Crippen molar-refractivity contribution in [2.45, 2.75) is 20.0 Å². The summed E-state index contributed by atoms with van der Waals surface area (Å²) in [5, 5.41) is 0. The largest absolute Gasteiger partial charge is 0.491 e. The maximum atomic E-state index is 5.74. The van der Waals surface area contributed by atoms with E-state index in [-0.39, 0.29) is 6.10 Å². The van der Waals surface area contributed by atoms with Crippen LogP contribution < -0.4 is 4.74 Å². The van der Waals surface area contributed by atoms with Crippen LogP contribution in [0.2, 0.25) is 0 Å². The normalized spacial score (nSPS) is 11.2. The summed E-state index contributed by atoms with van der Waals surface area (Å²) in [5.74, 6) is 1.81. The lowest BCUT2D eigenvalue weighted by Crippen LogP contribution is -2.05. The van der Waals surface area contributed by atoms with E-state index in [1.165, 1.54) is 0 Å². The third-order valence-electron chi connectivity index (χ3n) is 4.08. The summed E-state index contributed by atoms with van der Waals surface area (Å²) in [7, 11) is 0. The molecule has 3 heteroatoms. The van der Waals surface area contributed by atoms with Crippen molar-refractivity contribution in [3.05, 3.63) is 79.0 Å². The van der Waals surface area contributed by atoms with Gasteiger partial charge in [-0.3, -0.25) is 4.40 Å². The third-order valence-corrected chi connectivity index (χ3v) is 4.08. The minimum atomic E-state index is 0.169. The molecule has 0 N–H and O–H groups in total. The second kappa shape index (κ2) is 6.44. The Balaban J connectivity index is 1.83. The number of aromatic nitrogens is 2. The number of benzene rings is 2. The summed E-state index contributed by atoms with van der Waals surface area (Å²) in [5.41, 5.74) is 4.29. The lowest BCUT2D eigenvalue weighted by atomic mass is 10.1. The number of nitrogens with zero attached hydrogens (tertiary/aromatic N) is 2. The number of imidazole rings is 1. The van der Waals surface area contributed by atoms with Crippen molar-refractivity contribution in [3.63, 3.8) is 0 Å². The van der Waals surface area contributed by atoms with E-state index in [9.17, 15) is 0 Å². The summed E-state index contributed by atoms with van der Waals surface area (Å²) < 4.78 is 7.88. The third kappa shape index (κ3) is 3.01. The Kier molecular flexibility index (Phi) is 3.98. The predicted molar refractivity (Wildman–Crippen MR) is 102 cm³/mol. The molecule has 0 saturated heterocycles. The number of fused-ring (bicyclic) bond motifs is 1. The molecule has 2 heterocycles. The SMILES string of the molecule is CC(C)Oc1ccc(-c2nc(-c3ccccc3)c3ccccn23)cc1. The predicted octanol–water partition coefficient (Wildman–Crippen LogP) is 5.46. The van der Waals surface area contributed by atoms with Crippen LogP contribution in [0, 0.1) is 0 Å². The summed E-state index contributed by atoms with van der Waals surface area (Å²) in [6.07, 6.45) is 2.23. The van der Waals surface area contributed by atoms with Crippen molar-refractivity contribution in [1.29, 1.82) is 0 Å². The molecule has 0 saturated carbocycles. The highest BCUT2D eigenvalue weighted by Crippen LogP contribution is 2.30. The maximum Gasteiger partial charge on any atom is 0.145 e. The molecule has 0 radical (unpaired) electrons. The fraction of sp³-hybridized carbons (Fsp3) is 0.136. The molecule has 4 aromatic rings. The van der Waals surface area contributed by atoms with Crippen LogP contribution in [0.15, 0.2) is 79.0 Å². The van der Waals surface area contributed by atoms with Gasteiger partial charge < -0.3 is 4.74 Å². The number of ether oxygens (including phenoxy) is 1. The first kappa shape index (κ1) is 15.5. The second-order valence-corrected chi connectivity index (χ2v) is 6.30. The van der Waals surface area contributed by atoms with Crippen molar-refractivity contribution < 1.29 is 4.74 Å². The minimum Gasteiger partial charge on any atom is -0.491 e. The molecule has 2 aromatic carbocycles. The van der Waals surface area contributed by atoms with Gasteiger partial charge in [0.15, 0.2) is 0 Å². The Bertz CT molecular complexity index is 986. The molecule has 124 valence electrons. The van der Waals surface area contributed by atoms with E-state index in [1.54, 1.807) is 0 Å². The van der Waals surface area contributed by atoms with Gasteiger partial charge in [0.1, 0.15) is 11.6 Å². The summed E-state index contributed by atoms with van der Waals surface area (Å²) in [6.45, 7) is 4.06. The van der Waals surface area contributed by atoms with Gasteiger partial charge in [0.2, 0.25) is 0 Å². The Labute approximate surface area is 147 Å². The first-order chi connectivity index (χ1) is 12.2. The van der Waals surface area contributed by atoms with Crippen molar-refractivity contribution in [3.8, 4) is 28.4 Å².